The molecule has 0 aliphatic carbocycles. The fraction of sp³-hybridized carbons (Fsp3) is 0.316. The lowest BCUT2D eigenvalue weighted by Crippen LogP contribution is -2.37. The van der Waals surface area contributed by atoms with Crippen LogP contribution in [-0.2, 0) is 4.79 Å². The Kier molecular flexibility index (Phi) is 3.14. The summed E-state index contributed by atoms with van der Waals surface area (Å²) in [5.74, 6) is 1.40. The van der Waals surface area contributed by atoms with Crippen LogP contribution in [0.4, 0.5) is 0 Å². The van der Waals surface area contributed by atoms with Crippen molar-refractivity contribution < 1.29 is 9.53 Å². The predicted octanol–water partition coefficient (Wildman–Crippen LogP) is 3.50. The number of rotatable bonds is 2. The van der Waals surface area contributed by atoms with Gasteiger partial charge in [-0.05, 0) is 35.2 Å². The quantitative estimate of drug-likeness (QED) is 0.848. The van der Waals surface area contributed by atoms with Gasteiger partial charge in [-0.1, -0.05) is 36.4 Å². The van der Waals surface area contributed by atoms with E-state index in [0.717, 1.165) is 18.7 Å². The summed E-state index contributed by atoms with van der Waals surface area (Å²) < 4.78 is 5.42. The topological polar surface area (TPSA) is 29.5 Å². The lowest BCUT2D eigenvalue weighted by atomic mass is 9.81. The van der Waals surface area contributed by atoms with Gasteiger partial charge >= 0.3 is 0 Å². The maximum atomic E-state index is 12.2. The zero-order chi connectivity index (χ0) is 15.1. The molecular weight excluding hydrogens is 274 g/mol. The van der Waals surface area contributed by atoms with Crippen molar-refractivity contribution in [1.29, 1.82) is 0 Å². The third-order valence-corrected chi connectivity index (χ3v) is 4.94. The average molecular weight is 293 g/mol. The molecule has 0 bridgehead atoms. The molecule has 2 aliphatic rings. The van der Waals surface area contributed by atoms with Crippen molar-refractivity contribution in [3.8, 4) is 5.75 Å². The first-order chi connectivity index (χ1) is 10.8. The molecule has 0 radical (unpaired) electrons. The molecule has 0 unspecified atom stereocenters. The number of carbonyl (C=O) groups is 1. The minimum atomic E-state index is 0.226. The molecule has 3 nitrogen and oxygen atoms in total. The molecular formula is C19H19NO2. The zero-order valence-electron chi connectivity index (χ0n) is 12.7. The molecule has 4 rings (SSSR count). The number of ether oxygens (including phenoxy) is 1. The van der Waals surface area contributed by atoms with E-state index in [0.29, 0.717) is 6.42 Å². The molecule has 22 heavy (non-hydrogen) atoms. The number of carbonyl (C=O) groups excluding carboxylic acids is 1. The molecule has 1 amide bonds. The maximum absolute atomic E-state index is 12.2. The van der Waals surface area contributed by atoms with E-state index in [4.69, 9.17) is 4.74 Å². The minimum Gasteiger partial charge on any atom is -0.497 e. The van der Waals surface area contributed by atoms with Crippen molar-refractivity contribution in [3.63, 3.8) is 0 Å². The number of methoxy groups -OCH3 is 1. The standard InChI is InChI=1S/C19H19NO2/c1-22-14-7-8-15-16(11-14)17(13-5-3-2-4-6-13)12-20-18(15)9-10-19(20)21/h2-8,11,17-18H,9-10,12H2,1H3/t17-,18-/m0/s1. The van der Waals surface area contributed by atoms with E-state index in [1.54, 1.807) is 7.11 Å². The molecule has 2 atom stereocenters. The van der Waals surface area contributed by atoms with Crippen LogP contribution in [0, 0.1) is 0 Å². The first kappa shape index (κ1) is 13.4. The first-order valence-corrected chi connectivity index (χ1v) is 7.80. The van der Waals surface area contributed by atoms with Crippen molar-refractivity contribution in [2.75, 3.05) is 13.7 Å². The van der Waals surface area contributed by atoms with Crippen molar-refractivity contribution in [2.24, 2.45) is 0 Å². The number of nitrogens with zero attached hydrogens (tertiary/aromatic N) is 1. The van der Waals surface area contributed by atoms with Crippen molar-refractivity contribution in [3.05, 3.63) is 65.2 Å². The highest BCUT2D eigenvalue weighted by Crippen LogP contribution is 2.45. The molecule has 2 heterocycles. The highest BCUT2D eigenvalue weighted by molar-refractivity contribution is 5.80. The summed E-state index contributed by atoms with van der Waals surface area (Å²) in [5, 5.41) is 0. The maximum Gasteiger partial charge on any atom is 0.223 e. The summed E-state index contributed by atoms with van der Waals surface area (Å²) in [6.45, 7) is 0.772. The van der Waals surface area contributed by atoms with Crippen LogP contribution in [0.2, 0.25) is 0 Å². The molecule has 3 heteroatoms. The van der Waals surface area contributed by atoms with Crippen LogP contribution >= 0.6 is 0 Å². The van der Waals surface area contributed by atoms with Gasteiger partial charge in [0.15, 0.2) is 0 Å². The molecule has 0 spiro atoms. The summed E-state index contributed by atoms with van der Waals surface area (Å²) in [7, 11) is 1.70. The highest BCUT2D eigenvalue weighted by atomic mass is 16.5. The summed E-state index contributed by atoms with van der Waals surface area (Å²) in [6.07, 6.45) is 1.59. The van der Waals surface area contributed by atoms with Crippen LogP contribution in [-0.4, -0.2) is 24.5 Å². The molecule has 0 aromatic heterocycles. The Bertz CT molecular complexity index is 711. The SMILES string of the molecule is COc1ccc2c(c1)[C@H](c1ccccc1)CN1C(=O)CC[C@@H]21. The summed E-state index contributed by atoms with van der Waals surface area (Å²) in [4.78, 5) is 14.3. The number of amides is 1. The monoisotopic (exact) mass is 293 g/mol. The molecule has 2 aromatic rings. The molecule has 2 aromatic carbocycles. The first-order valence-electron chi connectivity index (χ1n) is 7.80. The molecule has 1 fully saturated rings. The lowest BCUT2D eigenvalue weighted by molar-refractivity contribution is -0.129. The Hall–Kier alpha value is -2.29. The Labute approximate surface area is 130 Å². The molecule has 112 valence electrons. The van der Waals surface area contributed by atoms with Crippen molar-refractivity contribution in [1.82, 2.24) is 4.90 Å². The Morgan fingerprint density at radius 2 is 1.91 bits per heavy atom. The van der Waals surface area contributed by atoms with Crippen molar-refractivity contribution >= 4 is 5.91 Å². The average Bonchev–Trinajstić information content (AvgIpc) is 2.95. The number of hydrogen-bond donors (Lipinski definition) is 0. The van der Waals surface area contributed by atoms with Gasteiger partial charge in [0.1, 0.15) is 5.75 Å². The minimum absolute atomic E-state index is 0.226. The van der Waals surface area contributed by atoms with Gasteiger partial charge in [-0.25, -0.2) is 0 Å². The van der Waals surface area contributed by atoms with Crippen LogP contribution in [0.5, 0.6) is 5.75 Å². The fourth-order valence-corrected chi connectivity index (χ4v) is 3.84. The van der Waals surface area contributed by atoms with Gasteiger partial charge in [0, 0.05) is 18.9 Å². The number of benzene rings is 2. The van der Waals surface area contributed by atoms with Gasteiger partial charge in [-0.2, -0.15) is 0 Å². The van der Waals surface area contributed by atoms with Crippen LogP contribution in [0.15, 0.2) is 48.5 Å². The van der Waals surface area contributed by atoms with Crippen LogP contribution in [0.3, 0.4) is 0 Å². The Morgan fingerprint density at radius 1 is 1.09 bits per heavy atom. The van der Waals surface area contributed by atoms with Gasteiger partial charge in [0.2, 0.25) is 5.91 Å². The number of fused-ring (bicyclic) bond motifs is 3. The van der Waals surface area contributed by atoms with Crippen LogP contribution in [0.25, 0.3) is 0 Å². The second-order valence-electron chi connectivity index (χ2n) is 6.06. The molecule has 0 N–H and O–H groups in total. The van der Waals surface area contributed by atoms with Gasteiger partial charge in [-0.3, -0.25) is 4.79 Å². The van der Waals surface area contributed by atoms with E-state index >= 15 is 0 Å². The lowest BCUT2D eigenvalue weighted by Gasteiger charge is -2.37. The summed E-state index contributed by atoms with van der Waals surface area (Å²) >= 11 is 0. The van der Waals surface area contributed by atoms with E-state index in [1.165, 1.54) is 16.7 Å². The molecule has 1 saturated heterocycles. The van der Waals surface area contributed by atoms with E-state index in [-0.39, 0.29) is 17.9 Å². The predicted molar refractivity (Wildman–Crippen MR) is 85.0 cm³/mol. The van der Waals surface area contributed by atoms with Crippen LogP contribution < -0.4 is 4.74 Å². The zero-order valence-corrected chi connectivity index (χ0v) is 12.7. The van der Waals surface area contributed by atoms with Gasteiger partial charge < -0.3 is 9.64 Å². The largest absolute Gasteiger partial charge is 0.497 e. The second-order valence-corrected chi connectivity index (χ2v) is 6.06. The fourth-order valence-electron chi connectivity index (χ4n) is 3.84. The number of hydrogen-bond acceptors (Lipinski definition) is 2. The Morgan fingerprint density at radius 3 is 2.68 bits per heavy atom. The third-order valence-electron chi connectivity index (χ3n) is 4.94. The van der Waals surface area contributed by atoms with E-state index in [9.17, 15) is 4.79 Å². The van der Waals surface area contributed by atoms with Gasteiger partial charge in [-0.15, -0.1) is 0 Å². The normalized spacial score (nSPS) is 23.1. The van der Waals surface area contributed by atoms with Crippen molar-refractivity contribution in [2.45, 2.75) is 24.8 Å². The third kappa shape index (κ3) is 2.00. The summed E-state index contributed by atoms with van der Waals surface area (Å²) in [5.41, 5.74) is 3.85. The van der Waals surface area contributed by atoms with E-state index in [1.807, 2.05) is 12.1 Å². The molecule has 0 saturated carbocycles. The smallest absolute Gasteiger partial charge is 0.223 e. The molecule has 2 aliphatic heterocycles. The van der Waals surface area contributed by atoms with Gasteiger partial charge in [0.25, 0.3) is 0 Å². The van der Waals surface area contributed by atoms with Gasteiger partial charge in [0.05, 0.1) is 13.2 Å². The van der Waals surface area contributed by atoms with E-state index < -0.39 is 0 Å². The second kappa shape index (κ2) is 5.16. The Balaban J connectivity index is 1.86. The van der Waals surface area contributed by atoms with Crippen LogP contribution in [0.1, 0.15) is 41.5 Å². The summed E-state index contributed by atoms with van der Waals surface area (Å²) in [6, 6.07) is 17.0. The highest BCUT2D eigenvalue weighted by Gasteiger charge is 2.40. The van der Waals surface area contributed by atoms with E-state index in [2.05, 4.69) is 41.3 Å².